The Morgan fingerprint density at radius 1 is 0.933 bits per heavy atom. The number of aliphatic hydroxyl groups excluding tert-OH is 1. The number of hydrogen-bond donors (Lipinski definition) is 1. The normalized spacial score (nSPS) is 16.4. The van der Waals surface area contributed by atoms with E-state index in [-0.39, 0.29) is 0 Å². The van der Waals surface area contributed by atoms with Gasteiger partial charge in [0.15, 0.2) is 0 Å². The summed E-state index contributed by atoms with van der Waals surface area (Å²) >= 11 is 0. The summed E-state index contributed by atoms with van der Waals surface area (Å²) in [4.78, 5) is 0. The molecule has 15 heavy (non-hydrogen) atoms. The predicted molar refractivity (Wildman–Crippen MR) is 34.8 cm³/mol. The van der Waals surface area contributed by atoms with Crippen LogP contribution in [0.3, 0.4) is 0 Å². The third-order valence-electron chi connectivity index (χ3n) is 1.08. The van der Waals surface area contributed by atoms with Gasteiger partial charge in [-0.15, -0.1) is 0 Å². The first-order valence-electron chi connectivity index (χ1n) is 3.64. The molecule has 1 N–H and O–H groups in total. The lowest BCUT2D eigenvalue weighted by Gasteiger charge is -2.20. The maximum absolute atomic E-state index is 11.9. The second-order valence-electron chi connectivity index (χ2n) is 2.29. The van der Waals surface area contributed by atoms with Crippen molar-refractivity contribution < 1.29 is 40.9 Å². The Labute approximate surface area is 80.6 Å². The molecular formula is C6H8F6O3. The molecular weight excluding hydrogens is 234 g/mol. The van der Waals surface area contributed by atoms with Crippen molar-refractivity contribution in [3.05, 3.63) is 0 Å². The van der Waals surface area contributed by atoms with E-state index in [2.05, 4.69) is 9.47 Å². The van der Waals surface area contributed by atoms with Gasteiger partial charge in [-0.1, -0.05) is 0 Å². The van der Waals surface area contributed by atoms with E-state index < -0.39 is 38.5 Å². The molecule has 0 bridgehead atoms. The highest BCUT2D eigenvalue weighted by molar-refractivity contribution is 4.52. The lowest BCUT2D eigenvalue weighted by Crippen LogP contribution is -2.35. The molecule has 2 unspecified atom stereocenters. The van der Waals surface area contributed by atoms with E-state index in [9.17, 15) is 26.3 Å². The summed E-state index contributed by atoms with van der Waals surface area (Å²) in [5.74, 6) is 0. The van der Waals surface area contributed by atoms with E-state index in [0.29, 0.717) is 0 Å². The van der Waals surface area contributed by atoms with Gasteiger partial charge in [-0.2, -0.15) is 0 Å². The van der Waals surface area contributed by atoms with Crippen molar-refractivity contribution in [1.82, 2.24) is 0 Å². The molecule has 0 aromatic heterocycles. The topological polar surface area (TPSA) is 38.7 Å². The Morgan fingerprint density at radius 2 is 1.47 bits per heavy atom. The van der Waals surface area contributed by atoms with Crippen LogP contribution >= 0.6 is 0 Å². The summed E-state index contributed by atoms with van der Waals surface area (Å²) in [6.45, 7) is -1.40. The van der Waals surface area contributed by atoms with Gasteiger partial charge in [-0.05, 0) is 0 Å². The monoisotopic (exact) mass is 242 g/mol. The Bertz CT molecular complexity index is 167. The first-order valence-corrected chi connectivity index (χ1v) is 3.64. The van der Waals surface area contributed by atoms with Crippen molar-refractivity contribution in [1.29, 1.82) is 0 Å². The van der Waals surface area contributed by atoms with Crippen molar-refractivity contribution in [2.24, 2.45) is 0 Å². The van der Waals surface area contributed by atoms with Crippen LogP contribution < -0.4 is 0 Å². The molecule has 0 aromatic carbocycles. The zero-order valence-corrected chi connectivity index (χ0v) is 7.13. The zero-order chi connectivity index (χ0) is 12.0. The number of hydrogen-bond acceptors (Lipinski definition) is 3. The largest absolute Gasteiger partial charge is 0.363 e. The molecule has 0 amide bonds. The van der Waals surface area contributed by atoms with Crippen LogP contribution in [0.1, 0.15) is 0 Å². The Kier molecular flexibility index (Phi) is 6.61. The summed E-state index contributed by atoms with van der Waals surface area (Å²) < 4.78 is 77.5. The molecule has 0 rings (SSSR count). The molecule has 2 atom stereocenters. The Hall–Kier alpha value is -0.540. The van der Waals surface area contributed by atoms with Crippen LogP contribution in [-0.2, 0) is 9.47 Å². The van der Waals surface area contributed by atoms with Crippen molar-refractivity contribution >= 4 is 0 Å². The van der Waals surface area contributed by atoms with E-state index >= 15 is 0 Å². The van der Waals surface area contributed by atoms with Gasteiger partial charge in [-0.3, -0.25) is 0 Å². The number of halogens is 6. The standard InChI is InChI=1S/C6H8F6O3/c7-2(8)1-14-6(4(11)12)15-5(13)3(9)10/h2-6,13H,1H2. The second-order valence-corrected chi connectivity index (χ2v) is 2.29. The summed E-state index contributed by atoms with van der Waals surface area (Å²) in [6.07, 6.45) is -15.3. The highest BCUT2D eigenvalue weighted by Gasteiger charge is 2.30. The third kappa shape index (κ3) is 6.52. The fourth-order valence-corrected chi connectivity index (χ4v) is 0.536. The smallest absolute Gasteiger partial charge is 0.288 e. The van der Waals surface area contributed by atoms with Crippen molar-refractivity contribution in [2.45, 2.75) is 31.9 Å². The summed E-state index contributed by atoms with van der Waals surface area (Å²) in [5, 5.41) is 8.34. The van der Waals surface area contributed by atoms with Gasteiger partial charge in [0.25, 0.3) is 19.3 Å². The quantitative estimate of drug-likeness (QED) is 0.542. The molecule has 0 aliphatic rings. The van der Waals surface area contributed by atoms with Crippen molar-refractivity contribution in [3.8, 4) is 0 Å². The molecule has 0 fully saturated rings. The van der Waals surface area contributed by atoms with Gasteiger partial charge in [0, 0.05) is 0 Å². The van der Waals surface area contributed by atoms with Crippen LogP contribution in [0.5, 0.6) is 0 Å². The molecule has 0 aliphatic carbocycles. The second kappa shape index (κ2) is 6.85. The van der Waals surface area contributed by atoms with Crippen molar-refractivity contribution in [3.63, 3.8) is 0 Å². The first kappa shape index (κ1) is 14.5. The van der Waals surface area contributed by atoms with Crippen LogP contribution in [0.15, 0.2) is 0 Å². The first-order chi connectivity index (χ1) is 6.84. The van der Waals surface area contributed by atoms with E-state index in [4.69, 9.17) is 5.11 Å². The van der Waals surface area contributed by atoms with Gasteiger partial charge in [0.2, 0.25) is 12.6 Å². The number of alkyl halides is 6. The fourth-order valence-electron chi connectivity index (χ4n) is 0.536. The molecule has 0 aliphatic heterocycles. The Morgan fingerprint density at radius 3 is 1.80 bits per heavy atom. The van der Waals surface area contributed by atoms with Crippen LogP contribution in [0, 0.1) is 0 Å². The summed E-state index contributed by atoms with van der Waals surface area (Å²) in [5.41, 5.74) is 0. The zero-order valence-electron chi connectivity index (χ0n) is 7.13. The molecule has 0 radical (unpaired) electrons. The summed E-state index contributed by atoms with van der Waals surface area (Å²) in [7, 11) is 0. The highest BCUT2D eigenvalue weighted by atomic mass is 19.3. The summed E-state index contributed by atoms with van der Waals surface area (Å²) in [6, 6.07) is 0. The maximum atomic E-state index is 11.9. The van der Waals surface area contributed by atoms with Crippen LogP contribution in [0.25, 0.3) is 0 Å². The number of rotatable bonds is 7. The minimum atomic E-state index is -3.43. The van der Waals surface area contributed by atoms with Crippen molar-refractivity contribution in [2.75, 3.05) is 6.61 Å². The minimum Gasteiger partial charge on any atom is -0.363 e. The van der Waals surface area contributed by atoms with Crippen LogP contribution in [0.4, 0.5) is 26.3 Å². The lowest BCUT2D eigenvalue weighted by molar-refractivity contribution is -0.298. The molecule has 3 nitrogen and oxygen atoms in total. The van der Waals surface area contributed by atoms with E-state index in [1.165, 1.54) is 0 Å². The maximum Gasteiger partial charge on any atom is 0.288 e. The van der Waals surface area contributed by atoms with Gasteiger partial charge in [-0.25, -0.2) is 26.3 Å². The average molecular weight is 242 g/mol. The van der Waals surface area contributed by atoms with E-state index in [0.717, 1.165) is 0 Å². The average Bonchev–Trinajstić information content (AvgIpc) is 2.10. The minimum absolute atomic E-state index is 1.40. The van der Waals surface area contributed by atoms with E-state index in [1.54, 1.807) is 0 Å². The predicted octanol–water partition coefficient (Wildman–Crippen LogP) is 1.46. The molecule has 0 saturated heterocycles. The molecule has 9 heteroatoms. The van der Waals surface area contributed by atoms with Gasteiger partial charge >= 0.3 is 0 Å². The van der Waals surface area contributed by atoms with Gasteiger partial charge in [0.1, 0.15) is 6.61 Å². The highest BCUT2D eigenvalue weighted by Crippen LogP contribution is 2.13. The van der Waals surface area contributed by atoms with Crippen LogP contribution in [-0.4, -0.2) is 43.6 Å². The van der Waals surface area contributed by atoms with Crippen LogP contribution in [0.2, 0.25) is 0 Å². The molecule has 0 spiro atoms. The number of ether oxygens (including phenoxy) is 2. The molecule has 92 valence electrons. The van der Waals surface area contributed by atoms with E-state index in [1.807, 2.05) is 0 Å². The lowest BCUT2D eigenvalue weighted by atomic mass is 10.6. The molecule has 0 saturated carbocycles. The molecule has 0 aromatic rings. The number of aliphatic hydroxyl groups is 1. The molecule has 0 heterocycles. The van der Waals surface area contributed by atoms with Gasteiger partial charge < -0.3 is 14.6 Å². The van der Waals surface area contributed by atoms with Gasteiger partial charge in [0.05, 0.1) is 0 Å². The third-order valence-corrected chi connectivity index (χ3v) is 1.08. The fraction of sp³-hybridized carbons (Fsp3) is 1.00. The Balaban J connectivity index is 4.04. The SMILES string of the molecule is OC(OC(OCC(F)F)C(F)F)C(F)F.